The van der Waals surface area contributed by atoms with Crippen molar-refractivity contribution in [1.29, 1.82) is 0 Å². The molecule has 0 aromatic heterocycles. The second kappa shape index (κ2) is 14.0. The number of ether oxygens (including phenoxy) is 5. The van der Waals surface area contributed by atoms with Gasteiger partial charge in [-0.3, -0.25) is 0 Å². The van der Waals surface area contributed by atoms with Crippen LogP contribution in [0.1, 0.15) is 6.92 Å². The predicted octanol–water partition coefficient (Wildman–Crippen LogP) is 1.75. The van der Waals surface area contributed by atoms with Crippen molar-refractivity contribution in [2.45, 2.75) is 6.92 Å². The van der Waals surface area contributed by atoms with Gasteiger partial charge in [-0.15, -0.1) is 0 Å². The van der Waals surface area contributed by atoms with Gasteiger partial charge in [0.2, 0.25) is 0 Å². The van der Waals surface area contributed by atoms with Crippen LogP contribution in [0.3, 0.4) is 0 Å². The molecule has 0 aromatic rings. The fraction of sp³-hybridized carbons (Fsp3) is 0.692. The number of allylic oxidation sites excluding steroid dienone is 1. The lowest BCUT2D eigenvalue weighted by atomic mass is 10.6. The van der Waals surface area contributed by atoms with Crippen molar-refractivity contribution in [2.75, 3.05) is 52.9 Å². The van der Waals surface area contributed by atoms with Crippen LogP contribution in [0, 0.1) is 0 Å². The van der Waals surface area contributed by atoms with Gasteiger partial charge >= 0.3 is 0 Å². The van der Waals surface area contributed by atoms with Crippen LogP contribution in [-0.2, 0) is 23.7 Å². The molecule has 0 aliphatic carbocycles. The summed E-state index contributed by atoms with van der Waals surface area (Å²) in [6.07, 6.45) is 1.40. The summed E-state index contributed by atoms with van der Waals surface area (Å²) in [6, 6.07) is 0. The third-order valence-corrected chi connectivity index (χ3v) is 1.78. The zero-order chi connectivity index (χ0) is 13.5. The fourth-order valence-corrected chi connectivity index (χ4v) is 1.01. The molecule has 0 aliphatic heterocycles. The Bertz CT molecular complexity index is 206. The highest BCUT2D eigenvalue weighted by atomic mass is 16.6. The zero-order valence-electron chi connectivity index (χ0n) is 11.2. The van der Waals surface area contributed by atoms with Crippen LogP contribution in [0.5, 0.6) is 0 Å². The minimum atomic E-state index is 0.523. The number of hydrogen-bond acceptors (Lipinski definition) is 5. The molecule has 0 atom stereocenters. The van der Waals surface area contributed by atoms with Crippen molar-refractivity contribution < 1.29 is 23.7 Å². The van der Waals surface area contributed by atoms with E-state index in [1.165, 1.54) is 6.26 Å². The van der Waals surface area contributed by atoms with Gasteiger partial charge in [-0.1, -0.05) is 13.2 Å². The van der Waals surface area contributed by atoms with E-state index in [1.807, 2.05) is 6.92 Å². The zero-order valence-corrected chi connectivity index (χ0v) is 11.2. The third kappa shape index (κ3) is 15.0. The van der Waals surface area contributed by atoms with Crippen LogP contribution in [-0.4, -0.2) is 52.9 Å². The minimum absolute atomic E-state index is 0.523. The Labute approximate surface area is 109 Å². The van der Waals surface area contributed by atoms with Crippen molar-refractivity contribution in [1.82, 2.24) is 0 Å². The number of rotatable bonds is 14. The predicted molar refractivity (Wildman–Crippen MR) is 69.4 cm³/mol. The molecule has 0 saturated heterocycles. The molecule has 0 bridgehead atoms. The van der Waals surface area contributed by atoms with E-state index in [0.717, 1.165) is 0 Å². The molecule has 0 aromatic carbocycles. The van der Waals surface area contributed by atoms with E-state index in [0.29, 0.717) is 58.6 Å². The molecule has 106 valence electrons. The lowest BCUT2D eigenvalue weighted by Gasteiger charge is -2.07. The smallest absolute Gasteiger partial charge is 0.111 e. The average Bonchev–Trinajstić information content (AvgIpc) is 2.34. The monoisotopic (exact) mass is 260 g/mol. The van der Waals surface area contributed by atoms with Crippen LogP contribution in [0.2, 0.25) is 0 Å². The maximum Gasteiger partial charge on any atom is 0.111 e. The highest BCUT2D eigenvalue weighted by molar-refractivity contribution is 4.72. The number of hydrogen-bond donors (Lipinski definition) is 0. The van der Waals surface area contributed by atoms with Crippen LogP contribution >= 0.6 is 0 Å². The Morgan fingerprint density at radius 2 is 1.28 bits per heavy atom. The highest BCUT2D eigenvalue weighted by Crippen LogP contribution is 1.89. The molecular formula is C13H24O5. The second-order valence-corrected chi connectivity index (χ2v) is 3.43. The largest absolute Gasteiger partial charge is 0.499 e. The molecule has 0 spiro atoms. The molecule has 5 heteroatoms. The molecule has 18 heavy (non-hydrogen) atoms. The first-order valence-electron chi connectivity index (χ1n) is 6.01. The maximum absolute atomic E-state index is 5.30. The molecule has 0 amide bonds. The van der Waals surface area contributed by atoms with Gasteiger partial charge in [-0.05, 0) is 6.92 Å². The summed E-state index contributed by atoms with van der Waals surface area (Å²) in [5.41, 5.74) is 0. The molecule has 0 rings (SSSR count). The molecular weight excluding hydrogens is 236 g/mol. The van der Waals surface area contributed by atoms with Crippen LogP contribution in [0.25, 0.3) is 0 Å². The molecule has 5 nitrogen and oxygen atoms in total. The van der Waals surface area contributed by atoms with Crippen LogP contribution < -0.4 is 0 Å². The van der Waals surface area contributed by atoms with Crippen molar-refractivity contribution in [3.63, 3.8) is 0 Å². The Balaban J connectivity index is 2.94. The first kappa shape index (κ1) is 17.0. The SMILES string of the molecule is C=COCCOCCOCCOCCOC(=C)C. The topological polar surface area (TPSA) is 46.2 Å². The van der Waals surface area contributed by atoms with E-state index in [1.54, 1.807) is 0 Å². The Morgan fingerprint density at radius 3 is 1.72 bits per heavy atom. The quantitative estimate of drug-likeness (QED) is 0.352. The third-order valence-electron chi connectivity index (χ3n) is 1.78. The molecule has 0 aliphatic rings. The molecule has 0 saturated carbocycles. The summed E-state index contributed by atoms with van der Waals surface area (Å²) in [5, 5.41) is 0. The van der Waals surface area contributed by atoms with Crippen molar-refractivity contribution in [3.05, 3.63) is 25.2 Å². The van der Waals surface area contributed by atoms with Gasteiger partial charge in [0.15, 0.2) is 0 Å². The van der Waals surface area contributed by atoms with E-state index in [4.69, 9.17) is 23.7 Å². The standard InChI is InChI=1S/C13H24O5/c1-4-14-5-6-15-7-8-16-9-10-17-11-12-18-13(2)3/h4H,1-2,5-12H2,3H3. The van der Waals surface area contributed by atoms with Gasteiger partial charge in [0.05, 0.1) is 51.7 Å². The lowest BCUT2D eigenvalue weighted by molar-refractivity contribution is -0.000716. The molecule has 0 N–H and O–H groups in total. The Morgan fingerprint density at radius 1 is 0.833 bits per heavy atom. The van der Waals surface area contributed by atoms with Gasteiger partial charge in [0, 0.05) is 0 Å². The van der Waals surface area contributed by atoms with Gasteiger partial charge in [0.25, 0.3) is 0 Å². The summed E-state index contributed by atoms with van der Waals surface area (Å²) in [5.74, 6) is 0.701. The molecule has 0 radical (unpaired) electrons. The van der Waals surface area contributed by atoms with Crippen LogP contribution in [0.4, 0.5) is 0 Å². The second-order valence-electron chi connectivity index (χ2n) is 3.43. The Hall–Kier alpha value is -1.04. The molecule has 0 fully saturated rings. The summed E-state index contributed by atoms with van der Waals surface area (Å²) in [6.45, 7) is 13.2. The minimum Gasteiger partial charge on any atom is -0.499 e. The van der Waals surface area contributed by atoms with E-state index in [-0.39, 0.29) is 0 Å². The fourth-order valence-electron chi connectivity index (χ4n) is 1.01. The molecule has 0 heterocycles. The van der Waals surface area contributed by atoms with Gasteiger partial charge in [0.1, 0.15) is 13.2 Å². The van der Waals surface area contributed by atoms with E-state index in [2.05, 4.69) is 13.2 Å². The van der Waals surface area contributed by atoms with Crippen molar-refractivity contribution >= 4 is 0 Å². The molecule has 0 unspecified atom stereocenters. The highest BCUT2D eigenvalue weighted by Gasteiger charge is 1.92. The van der Waals surface area contributed by atoms with Crippen LogP contribution in [0.15, 0.2) is 25.2 Å². The van der Waals surface area contributed by atoms with Gasteiger partial charge < -0.3 is 23.7 Å². The van der Waals surface area contributed by atoms with E-state index < -0.39 is 0 Å². The summed E-state index contributed by atoms with van der Waals surface area (Å²) >= 11 is 0. The average molecular weight is 260 g/mol. The first-order valence-corrected chi connectivity index (χ1v) is 6.01. The summed E-state index contributed by atoms with van der Waals surface area (Å²) < 4.78 is 25.8. The van der Waals surface area contributed by atoms with Crippen molar-refractivity contribution in [2.24, 2.45) is 0 Å². The summed E-state index contributed by atoms with van der Waals surface area (Å²) in [4.78, 5) is 0. The first-order chi connectivity index (χ1) is 8.77. The van der Waals surface area contributed by atoms with Gasteiger partial charge in [-0.2, -0.15) is 0 Å². The normalized spacial score (nSPS) is 10.1. The Kier molecular flexibility index (Phi) is 13.2. The van der Waals surface area contributed by atoms with Crippen molar-refractivity contribution in [3.8, 4) is 0 Å². The lowest BCUT2D eigenvalue weighted by Crippen LogP contribution is -2.12. The summed E-state index contributed by atoms with van der Waals surface area (Å²) in [7, 11) is 0. The van der Waals surface area contributed by atoms with E-state index >= 15 is 0 Å². The maximum atomic E-state index is 5.30. The van der Waals surface area contributed by atoms with E-state index in [9.17, 15) is 0 Å². The van der Waals surface area contributed by atoms with Gasteiger partial charge in [-0.25, -0.2) is 0 Å².